The molecule has 1 saturated heterocycles. The van der Waals surface area contributed by atoms with Crippen molar-refractivity contribution in [2.24, 2.45) is 5.92 Å². The highest BCUT2D eigenvalue weighted by atomic mass is 35.5. The summed E-state index contributed by atoms with van der Waals surface area (Å²) in [6.45, 7) is 1.95. The third-order valence-corrected chi connectivity index (χ3v) is 8.09. The van der Waals surface area contributed by atoms with Crippen LogP contribution < -0.4 is 10.6 Å². The second-order valence-electron chi connectivity index (χ2n) is 10.6. The van der Waals surface area contributed by atoms with Crippen molar-refractivity contribution in [2.45, 2.75) is 37.1 Å². The SMILES string of the molecule is COC[C@H](CC(=O)OCC1c2ccccc2-c2ccccc21)C(=O)N[C@@]1(Cc2ccc(Cl)cc2)CCCNC1. The van der Waals surface area contributed by atoms with Crippen LogP contribution in [0.25, 0.3) is 11.1 Å². The van der Waals surface area contributed by atoms with E-state index in [2.05, 4.69) is 34.9 Å². The summed E-state index contributed by atoms with van der Waals surface area (Å²) in [5, 5.41) is 7.40. The number of halogens is 1. The van der Waals surface area contributed by atoms with Gasteiger partial charge in [-0.1, -0.05) is 72.3 Å². The van der Waals surface area contributed by atoms with E-state index >= 15 is 0 Å². The van der Waals surface area contributed by atoms with Crippen LogP contribution in [0.4, 0.5) is 0 Å². The summed E-state index contributed by atoms with van der Waals surface area (Å²) in [5.74, 6) is -1.26. The Balaban J connectivity index is 1.24. The molecular formula is C32H35ClN2O4. The van der Waals surface area contributed by atoms with E-state index in [1.807, 2.05) is 48.5 Å². The molecule has 0 saturated carbocycles. The summed E-state index contributed by atoms with van der Waals surface area (Å²) in [6, 6.07) is 24.2. The lowest BCUT2D eigenvalue weighted by Crippen LogP contribution is -2.60. The molecule has 0 unspecified atom stereocenters. The fourth-order valence-electron chi connectivity index (χ4n) is 5.93. The number of ether oxygens (including phenoxy) is 2. The number of benzene rings is 3. The van der Waals surface area contributed by atoms with Crippen molar-refractivity contribution >= 4 is 23.5 Å². The topological polar surface area (TPSA) is 76.7 Å². The van der Waals surface area contributed by atoms with E-state index in [9.17, 15) is 9.59 Å². The molecule has 39 heavy (non-hydrogen) atoms. The summed E-state index contributed by atoms with van der Waals surface area (Å²) >= 11 is 6.08. The van der Waals surface area contributed by atoms with Crippen LogP contribution in [0.3, 0.4) is 0 Å². The Hall–Kier alpha value is -3.19. The predicted octanol–water partition coefficient (Wildman–Crippen LogP) is 5.13. The fraction of sp³-hybridized carbons (Fsp3) is 0.375. The predicted molar refractivity (Wildman–Crippen MR) is 153 cm³/mol. The van der Waals surface area contributed by atoms with Gasteiger partial charge in [-0.2, -0.15) is 0 Å². The number of piperidine rings is 1. The normalized spacial score (nSPS) is 19.1. The average Bonchev–Trinajstić information content (AvgIpc) is 3.27. The highest BCUT2D eigenvalue weighted by Gasteiger charge is 2.37. The molecule has 2 atom stereocenters. The highest BCUT2D eigenvalue weighted by molar-refractivity contribution is 6.30. The van der Waals surface area contributed by atoms with E-state index in [4.69, 9.17) is 21.1 Å². The standard InChI is InChI=1S/C32H35ClN2O4/c1-38-19-23(31(37)35-32(15-6-16-34-21-32)18-22-11-13-24(33)14-12-22)17-30(36)39-20-29-27-9-4-2-7-25(27)26-8-3-5-10-28(26)29/h2-5,7-14,23,29,34H,6,15-21H2,1H3,(H,35,37)/t23-,32+/m0/s1. The van der Waals surface area contributed by atoms with Gasteiger partial charge in [0.15, 0.2) is 0 Å². The molecule has 5 rings (SSSR count). The zero-order valence-electron chi connectivity index (χ0n) is 22.3. The second-order valence-corrected chi connectivity index (χ2v) is 11.1. The Morgan fingerprint density at radius 1 is 1.03 bits per heavy atom. The minimum Gasteiger partial charge on any atom is -0.465 e. The number of carbonyl (C=O) groups is 2. The van der Waals surface area contributed by atoms with Crippen molar-refractivity contribution in [2.75, 3.05) is 33.4 Å². The smallest absolute Gasteiger partial charge is 0.306 e. The van der Waals surface area contributed by atoms with Gasteiger partial charge < -0.3 is 20.1 Å². The van der Waals surface area contributed by atoms with E-state index in [0.717, 1.165) is 36.1 Å². The first-order chi connectivity index (χ1) is 19.0. The number of fused-ring (bicyclic) bond motifs is 3. The first kappa shape index (κ1) is 27.4. The maximum Gasteiger partial charge on any atom is 0.306 e. The Labute approximate surface area is 235 Å². The molecule has 2 aliphatic rings. The second kappa shape index (κ2) is 12.3. The van der Waals surface area contributed by atoms with Gasteiger partial charge in [0.2, 0.25) is 5.91 Å². The molecule has 1 heterocycles. The quantitative estimate of drug-likeness (QED) is 0.345. The van der Waals surface area contributed by atoms with Crippen molar-refractivity contribution in [3.63, 3.8) is 0 Å². The maximum atomic E-state index is 13.5. The summed E-state index contributed by atoms with van der Waals surface area (Å²) in [5.41, 5.74) is 5.33. The number of hydrogen-bond acceptors (Lipinski definition) is 5. The molecule has 0 spiro atoms. The summed E-state index contributed by atoms with van der Waals surface area (Å²) in [4.78, 5) is 26.6. The van der Waals surface area contributed by atoms with Crippen LogP contribution in [0.15, 0.2) is 72.8 Å². The average molecular weight is 547 g/mol. The Bertz CT molecular complexity index is 1260. The molecule has 0 bridgehead atoms. The molecule has 1 amide bonds. The Morgan fingerprint density at radius 2 is 1.69 bits per heavy atom. The lowest BCUT2D eigenvalue weighted by Gasteiger charge is -2.39. The van der Waals surface area contributed by atoms with Gasteiger partial charge in [0.05, 0.1) is 24.5 Å². The fourth-order valence-corrected chi connectivity index (χ4v) is 6.06. The largest absolute Gasteiger partial charge is 0.465 e. The van der Waals surface area contributed by atoms with E-state index < -0.39 is 17.4 Å². The van der Waals surface area contributed by atoms with Crippen LogP contribution in [0.5, 0.6) is 0 Å². The Kier molecular flexibility index (Phi) is 8.66. The van der Waals surface area contributed by atoms with Crippen molar-refractivity contribution in [1.82, 2.24) is 10.6 Å². The van der Waals surface area contributed by atoms with Crippen molar-refractivity contribution < 1.29 is 19.1 Å². The summed E-state index contributed by atoms with van der Waals surface area (Å²) < 4.78 is 11.1. The molecule has 7 heteroatoms. The number of amides is 1. The van der Waals surface area contributed by atoms with Gasteiger partial charge in [-0.05, 0) is 65.8 Å². The number of carbonyl (C=O) groups excluding carboxylic acids is 2. The number of nitrogens with one attached hydrogen (secondary N) is 2. The zero-order chi connectivity index (χ0) is 27.2. The van der Waals surface area contributed by atoms with Crippen molar-refractivity contribution in [1.29, 1.82) is 0 Å². The molecule has 6 nitrogen and oxygen atoms in total. The first-order valence-electron chi connectivity index (χ1n) is 13.6. The van der Waals surface area contributed by atoms with Gasteiger partial charge in [0, 0.05) is 24.6 Å². The van der Waals surface area contributed by atoms with Gasteiger partial charge in [-0.15, -0.1) is 0 Å². The molecular weight excluding hydrogens is 512 g/mol. The van der Waals surface area contributed by atoms with Crippen LogP contribution in [-0.4, -0.2) is 50.8 Å². The molecule has 204 valence electrons. The van der Waals surface area contributed by atoms with Crippen LogP contribution in [0, 0.1) is 5.92 Å². The highest BCUT2D eigenvalue weighted by Crippen LogP contribution is 2.44. The molecule has 2 N–H and O–H groups in total. The molecule has 0 aromatic heterocycles. The van der Waals surface area contributed by atoms with Gasteiger partial charge in [-0.3, -0.25) is 9.59 Å². The van der Waals surface area contributed by atoms with Crippen molar-refractivity contribution in [3.05, 3.63) is 94.5 Å². The molecule has 0 radical (unpaired) electrons. The van der Waals surface area contributed by atoms with E-state index in [-0.39, 0.29) is 31.5 Å². The van der Waals surface area contributed by atoms with Crippen molar-refractivity contribution in [3.8, 4) is 11.1 Å². The van der Waals surface area contributed by atoms with Gasteiger partial charge in [0.1, 0.15) is 6.61 Å². The number of rotatable bonds is 10. The molecule has 1 fully saturated rings. The minimum atomic E-state index is -0.644. The number of methoxy groups -OCH3 is 1. The summed E-state index contributed by atoms with van der Waals surface area (Å²) in [7, 11) is 1.55. The van der Waals surface area contributed by atoms with E-state index in [1.165, 1.54) is 11.1 Å². The first-order valence-corrected chi connectivity index (χ1v) is 14.0. The summed E-state index contributed by atoms with van der Waals surface area (Å²) in [6.07, 6.45) is 2.43. The molecule has 3 aromatic rings. The lowest BCUT2D eigenvalue weighted by molar-refractivity contribution is -0.148. The van der Waals surface area contributed by atoms with Crippen LogP contribution in [-0.2, 0) is 25.5 Å². The minimum absolute atomic E-state index is 0.0213. The molecule has 1 aliphatic carbocycles. The molecule has 1 aliphatic heterocycles. The molecule has 3 aromatic carbocycles. The van der Waals surface area contributed by atoms with E-state index in [0.29, 0.717) is 18.0 Å². The van der Waals surface area contributed by atoms with Gasteiger partial charge in [0.25, 0.3) is 0 Å². The zero-order valence-corrected chi connectivity index (χ0v) is 23.0. The van der Waals surface area contributed by atoms with Crippen LogP contribution in [0.2, 0.25) is 5.02 Å². The monoisotopic (exact) mass is 546 g/mol. The maximum absolute atomic E-state index is 13.5. The lowest BCUT2D eigenvalue weighted by atomic mass is 9.83. The van der Waals surface area contributed by atoms with Gasteiger partial charge >= 0.3 is 5.97 Å². The van der Waals surface area contributed by atoms with Gasteiger partial charge in [-0.25, -0.2) is 0 Å². The third-order valence-electron chi connectivity index (χ3n) is 7.84. The third kappa shape index (κ3) is 6.35. The number of esters is 1. The van der Waals surface area contributed by atoms with Crippen LogP contribution in [0.1, 0.15) is 41.9 Å². The number of hydrogen-bond donors (Lipinski definition) is 2. The van der Waals surface area contributed by atoms with E-state index in [1.54, 1.807) is 7.11 Å². The van der Waals surface area contributed by atoms with Crippen LogP contribution >= 0.6 is 11.6 Å². The Morgan fingerprint density at radius 3 is 2.31 bits per heavy atom.